The van der Waals surface area contributed by atoms with Gasteiger partial charge in [0.1, 0.15) is 11.5 Å². The summed E-state index contributed by atoms with van der Waals surface area (Å²) in [6.07, 6.45) is 7.93. The number of hydrogen-bond donors (Lipinski definition) is 1. The molecule has 1 spiro atoms. The van der Waals surface area contributed by atoms with Crippen LogP contribution in [0.25, 0.3) is 16.9 Å². The molecular weight excluding hydrogens is 428 g/mol. The van der Waals surface area contributed by atoms with Gasteiger partial charge >= 0.3 is 0 Å². The fourth-order valence-corrected chi connectivity index (χ4v) is 5.09. The van der Waals surface area contributed by atoms with E-state index >= 15 is 0 Å². The van der Waals surface area contributed by atoms with Gasteiger partial charge in [0, 0.05) is 24.2 Å². The summed E-state index contributed by atoms with van der Waals surface area (Å²) in [5, 5.41) is 15.8. The molecule has 2 aliphatic rings. The number of fused-ring (bicyclic) bond motifs is 2. The summed E-state index contributed by atoms with van der Waals surface area (Å²) in [4.78, 5) is 19.4. The fraction of sp³-hybridized carbons (Fsp3) is 0.222. The van der Waals surface area contributed by atoms with Gasteiger partial charge < -0.3 is 14.7 Å². The van der Waals surface area contributed by atoms with E-state index in [0.29, 0.717) is 12.2 Å². The van der Waals surface area contributed by atoms with E-state index in [2.05, 4.69) is 4.98 Å². The van der Waals surface area contributed by atoms with Gasteiger partial charge in [0.2, 0.25) is 5.91 Å². The number of phenols is 1. The van der Waals surface area contributed by atoms with Crippen LogP contribution >= 0.6 is 0 Å². The summed E-state index contributed by atoms with van der Waals surface area (Å²) in [6.45, 7) is 0.404. The lowest BCUT2D eigenvalue weighted by atomic mass is 9.65. The molecule has 7 heteroatoms. The number of aromatic nitrogens is 3. The third kappa shape index (κ3) is 3.08. The minimum absolute atomic E-state index is 0.0688. The van der Waals surface area contributed by atoms with Gasteiger partial charge in [0.25, 0.3) is 0 Å². The third-order valence-electron chi connectivity index (χ3n) is 7.05. The molecule has 1 N–H and O–H groups in total. The van der Waals surface area contributed by atoms with Crippen molar-refractivity contribution in [3.05, 3.63) is 84.3 Å². The molecule has 2 aromatic heterocycles. The van der Waals surface area contributed by atoms with Crippen LogP contribution < -0.4 is 9.64 Å². The zero-order chi connectivity index (χ0) is 23.3. The predicted octanol–water partition coefficient (Wildman–Crippen LogP) is 4.62. The summed E-state index contributed by atoms with van der Waals surface area (Å²) < 4.78 is 7.03. The van der Waals surface area contributed by atoms with E-state index in [9.17, 15) is 9.90 Å². The first kappa shape index (κ1) is 20.5. The van der Waals surface area contributed by atoms with Crippen LogP contribution in [0, 0.1) is 0 Å². The van der Waals surface area contributed by atoms with Crippen LogP contribution in [-0.4, -0.2) is 32.9 Å². The summed E-state index contributed by atoms with van der Waals surface area (Å²) in [6, 6.07) is 17.1. The number of rotatable bonds is 5. The average molecular weight is 453 g/mol. The molecule has 0 saturated heterocycles. The highest BCUT2D eigenvalue weighted by molar-refractivity contribution is 6.10. The number of methoxy groups -OCH3 is 1. The standard InChI is InChI=1S/C27H24N4O3/c1-34-21-5-3-18(4-6-21)17-30-25-22(27(26(30)33)10-2-11-27)15-19(16-24(25)32)23-9-14-31(29-23)20-7-12-28-13-8-20/h3-9,12-16,32H,2,10-11,17H2,1H3. The summed E-state index contributed by atoms with van der Waals surface area (Å²) in [5.41, 5.74) is 4.41. The Hall–Kier alpha value is -4.13. The zero-order valence-corrected chi connectivity index (χ0v) is 18.8. The molecule has 2 aromatic carbocycles. The highest BCUT2D eigenvalue weighted by Crippen LogP contribution is 2.57. The Bertz CT molecular complexity index is 1380. The van der Waals surface area contributed by atoms with E-state index in [1.807, 2.05) is 54.7 Å². The Kier molecular flexibility index (Phi) is 4.65. The molecule has 1 aliphatic heterocycles. The number of benzene rings is 2. The third-order valence-corrected chi connectivity index (χ3v) is 7.05. The molecule has 1 amide bonds. The molecule has 1 saturated carbocycles. The predicted molar refractivity (Wildman–Crippen MR) is 128 cm³/mol. The number of aromatic hydroxyl groups is 1. The molecule has 0 unspecified atom stereocenters. The summed E-state index contributed by atoms with van der Waals surface area (Å²) >= 11 is 0. The Balaban J connectivity index is 1.39. The summed E-state index contributed by atoms with van der Waals surface area (Å²) in [7, 11) is 1.63. The van der Waals surface area contributed by atoms with Crippen LogP contribution in [0.15, 0.2) is 73.2 Å². The molecule has 1 aliphatic carbocycles. The first-order valence-electron chi connectivity index (χ1n) is 11.4. The molecule has 3 heterocycles. The van der Waals surface area contributed by atoms with Crippen molar-refractivity contribution in [2.45, 2.75) is 31.2 Å². The van der Waals surface area contributed by atoms with Crippen LogP contribution in [0.5, 0.6) is 11.5 Å². The van der Waals surface area contributed by atoms with Crippen molar-refractivity contribution >= 4 is 11.6 Å². The van der Waals surface area contributed by atoms with E-state index in [1.165, 1.54) is 0 Å². The molecule has 7 nitrogen and oxygen atoms in total. The van der Waals surface area contributed by atoms with Crippen molar-refractivity contribution in [1.82, 2.24) is 14.8 Å². The maximum absolute atomic E-state index is 13.6. The normalized spacial score (nSPS) is 15.9. The van der Waals surface area contributed by atoms with Gasteiger partial charge in [-0.15, -0.1) is 0 Å². The van der Waals surface area contributed by atoms with Gasteiger partial charge in [-0.3, -0.25) is 9.78 Å². The largest absolute Gasteiger partial charge is 0.506 e. The van der Waals surface area contributed by atoms with Gasteiger partial charge in [-0.2, -0.15) is 5.10 Å². The lowest BCUT2D eigenvalue weighted by Gasteiger charge is -2.37. The Morgan fingerprint density at radius 2 is 1.82 bits per heavy atom. The van der Waals surface area contributed by atoms with Crippen molar-refractivity contribution in [3.63, 3.8) is 0 Å². The molecule has 0 radical (unpaired) electrons. The second kappa shape index (κ2) is 7.73. The zero-order valence-electron chi connectivity index (χ0n) is 18.8. The maximum atomic E-state index is 13.6. The van der Waals surface area contributed by atoms with Gasteiger partial charge in [-0.25, -0.2) is 4.68 Å². The number of pyridine rings is 1. The molecule has 170 valence electrons. The molecule has 4 aromatic rings. The number of carbonyl (C=O) groups is 1. The first-order chi connectivity index (χ1) is 16.6. The van der Waals surface area contributed by atoms with E-state index < -0.39 is 5.41 Å². The number of hydrogen-bond acceptors (Lipinski definition) is 5. The smallest absolute Gasteiger partial charge is 0.238 e. The Labute approximate surface area is 197 Å². The molecular formula is C27H24N4O3. The molecule has 0 atom stereocenters. The molecule has 0 bridgehead atoms. The lowest BCUT2D eigenvalue weighted by Crippen LogP contribution is -2.44. The number of anilines is 1. The average Bonchev–Trinajstić information content (AvgIpc) is 3.42. The van der Waals surface area contributed by atoms with Crippen LogP contribution in [0.2, 0.25) is 0 Å². The van der Waals surface area contributed by atoms with Crippen LogP contribution in [-0.2, 0) is 16.8 Å². The van der Waals surface area contributed by atoms with E-state index in [0.717, 1.165) is 53.1 Å². The van der Waals surface area contributed by atoms with Gasteiger partial charge in [0.05, 0.1) is 36.1 Å². The molecule has 1 fully saturated rings. The Morgan fingerprint density at radius 1 is 1.06 bits per heavy atom. The first-order valence-corrected chi connectivity index (χ1v) is 11.4. The van der Waals surface area contributed by atoms with Crippen molar-refractivity contribution in [2.75, 3.05) is 12.0 Å². The highest BCUT2D eigenvalue weighted by Gasteiger charge is 2.55. The number of amides is 1. The van der Waals surface area contributed by atoms with Crippen molar-refractivity contribution in [2.24, 2.45) is 0 Å². The fourth-order valence-electron chi connectivity index (χ4n) is 5.09. The number of carbonyl (C=O) groups excluding carboxylic acids is 1. The minimum atomic E-state index is -0.553. The monoisotopic (exact) mass is 452 g/mol. The van der Waals surface area contributed by atoms with E-state index in [-0.39, 0.29) is 11.7 Å². The van der Waals surface area contributed by atoms with Crippen LogP contribution in [0.1, 0.15) is 30.4 Å². The maximum Gasteiger partial charge on any atom is 0.238 e. The molecule has 6 rings (SSSR count). The lowest BCUT2D eigenvalue weighted by molar-refractivity contribution is -0.126. The molecule has 34 heavy (non-hydrogen) atoms. The highest BCUT2D eigenvalue weighted by atomic mass is 16.5. The van der Waals surface area contributed by atoms with Gasteiger partial charge in [0.15, 0.2) is 0 Å². The Morgan fingerprint density at radius 3 is 2.50 bits per heavy atom. The van der Waals surface area contributed by atoms with Crippen molar-refractivity contribution < 1.29 is 14.6 Å². The van der Waals surface area contributed by atoms with Crippen LogP contribution in [0.4, 0.5) is 5.69 Å². The number of ether oxygens (including phenoxy) is 1. The topological polar surface area (TPSA) is 80.5 Å². The SMILES string of the molecule is COc1ccc(CN2C(=O)C3(CCC3)c3cc(-c4ccn(-c5ccncc5)n4)cc(O)c32)cc1. The van der Waals surface area contributed by atoms with E-state index in [4.69, 9.17) is 9.84 Å². The second-order valence-corrected chi connectivity index (χ2v) is 8.92. The number of phenolic OH excluding ortho intramolecular Hbond substituents is 1. The van der Waals surface area contributed by atoms with Gasteiger partial charge in [-0.1, -0.05) is 18.6 Å². The van der Waals surface area contributed by atoms with Gasteiger partial charge in [-0.05, 0) is 66.4 Å². The van der Waals surface area contributed by atoms with Crippen molar-refractivity contribution in [1.29, 1.82) is 0 Å². The van der Waals surface area contributed by atoms with Crippen LogP contribution in [0.3, 0.4) is 0 Å². The quantitative estimate of drug-likeness (QED) is 0.478. The summed E-state index contributed by atoms with van der Waals surface area (Å²) in [5.74, 6) is 0.946. The number of nitrogens with zero attached hydrogens (tertiary/aromatic N) is 4. The van der Waals surface area contributed by atoms with E-state index in [1.54, 1.807) is 35.2 Å². The minimum Gasteiger partial charge on any atom is -0.506 e. The van der Waals surface area contributed by atoms with Crippen molar-refractivity contribution in [3.8, 4) is 28.4 Å². The second-order valence-electron chi connectivity index (χ2n) is 8.92.